The van der Waals surface area contributed by atoms with Gasteiger partial charge >= 0.3 is 0 Å². The molecule has 112 valence electrons. The highest BCUT2D eigenvalue weighted by molar-refractivity contribution is 7.18. The average molecular weight is 300 g/mol. The number of aliphatic hydroxyl groups is 2. The molecule has 6 N–H and O–H groups in total. The van der Waals surface area contributed by atoms with Crippen LogP contribution in [0.1, 0.15) is 35.9 Å². The Morgan fingerprint density at radius 3 is 2.65 bits per heavy atom. The van der Waals surface area contributed by atoms with Gasteiger partial charge < -0.3 is 26.6 Å². The van der Waals surface area contributed by atoms with E-state index in [0.717, 1.165) is 12.8 Å². The smallest absolute Gasteiger partial charge is 0.265 e. The van der Waals surface area contributed by atoms with Gasteiger partial charge in [-0.1, -0.05) is 11.3 Å². The van der Waals surface area contributed by atoms with Gasteiger partial charge in [0.1, 0.15) is 10.7 Å². The largest absolute Gasteiger partial charge is 0.394 e. The van der Waals surface area contributed by atoms with Crippen molar-refractivity contribution in [1.29, 1.82) is 0 Å². The van der Waals surface area contributed by atoms with Crippen LogP contribution in [0.5, 0.6) is 0 Å². The molecule has 1 aromatic rings. The third-order valence-electron chi connectivity index (χ3n) is 3.41. The number of hydrogen-bond donors (Lipinski definition) is 5. The molecule has 7 nitrogen and oxygen atoms in total. The highest BCUT2D eigenvalue weighted by Crippen LogP contribution is 2.29. The third-order valence-corrected chi connectivity index (χ3v) is 4.41. The summed E-state index contributed by atoms with van der Waals surface area (Å²) in [5.41, 5.74) is 4.68. The molecule has 0 unspecified atom stereocenters. The molecule has 1 fully saturated rings. The van der Waals surface area contributed by atoms with Crippen molar-refractivity contribution in [3.8, 4) is 0 Å². The lowest BCUT2D eigenvalue weighted by atomic mass is 9.93. The van der Waals surface area contributed by atoms with Gasteiger partial charge in [0.2, 0.25) is 0 Å². The maximum absolute atomic E-state index is 12.1. The van der Waals surface area contributed by atoms with Gasteiger partial charge in [0.15, 0.2) is 5.13 Å². The summed E-state index contributed by atoms with van der Waals surface area (Å²) < 4.78 is 0. The predicted octanol–water partition coefficient (Wildman–Crippen LogP) is 0.163. The standard InChI is InChI=1S/C12H20N4O3S/c1-12(5-17,6-18)16-10(19)8-9(13)15-11(20-8)14-7-3-2-4-7/h7,17-18H,2-6,13H2,1H3,(H,14,15)(H,16,19). The van der Waals surface area contributed by atoms with E-state index in [0.29, 0.717) is 16.1 Å². The van der Waals surface area contributed by atoms with Crippen LogP contribution < -0.4 is 16.4 Å². The number of aromatic nitrogens is 1. The van der Waals surface area contributed by atoms with Gasteiger partial charge in [0.25, 0.3) is 5.91 Å². The van der Waals surface area contributed by atoms with E-state index in [2.05, 4.69) is 15.6 Å². The lowest BCUT2D eigenvalue weighted by molar-refractivity contribution is 0.0728. The molecule has 2 rings (SSSR count). The molecule has 1 amide bonds. The summed E-state index contributed by atoms with van der Waals surface area (Å²) in [7, 11) is 0. The Labute approximate surface area is 121 Å². The average Bonchev–Trinajstić information content (AvgIpc) is 2.75. The number of nitrogens with zero attached hydrogens (tertiary/aromatic N) is 1. The highest BCUT2D eigenvalue weighted by atomic mass is 32.1. The number of aliphatic hydroxyl groups excluding tert-OH is 2. The van der Waals surface area contributed by atoms with Crippen LogP contribution in [-0.4, -0.2) is 45.9 Å². The summed E-state index contributed by atoms with van der Waals surface area (Å²) in [6.07, 6.45) is 3.42. The molecule has 1 aliphatic carbocycles. The van der Waals surface area contributed by atoms with Crippen molar-refractivity contribution in [1.82, 2.24) is 10.3 Å². The molecule has 0 aromatic carbocycles. The Morgan fingerprint density at radius 1 is 1.50 bits per heavy atom. The number of carbonyl (C=O) groups is 1. The normalized spacial score (nSPS) is 15.8. The van der Waals surface area contributed by atoms with Gasteiger partial charge in [-0.25, -0.2) is 4.98 Å². The fourth-order valence-corrected chi connectivity index (χ4v) is 2.60. The molecule has 1 aromatic heterocycles. The number of nitrogen functional groups attached to an aromatic ring is 1. The minimum atomic E-state index is -1.07. The summed E-state index contributed by atoms with van der Waals surface area (Å²) >= 11 is 1.18. The minimum absolute atomic E-state index is 0.160. The van der Waals surface area contributed by atoms with E-state index in [-0.39, 0.29) is 19.0 Å². The zero-order valence-corrected chi connectivity index (χ0v) is 12.2. The van der Waals surface area contributed by atoms with Crippen LogP contribution in [0, 0.1) is 0 Å². The molecule has 0 bridgehead atoms. The first-order valence-corrected chi connectivity index (χ1v) is 7.36. The molecule has 0 saturated heterocycles. The fraction of sp³-hybridized carbons (Fsp3) is 0.667. The molecule has 1 heterocycles. The van der Waals surface area contributed by atoms with Crippen LogP contribution >= 0.6 is 11.3 Å². The minimum Gasteiger partial charge on any atom is -0.394 e. The Hall–Kier alpha value is -1.38. The van der Waals surface area contributed by atoms with Crippen molar-refractivity contribution in [3.63, 3.8) is 0 Å². The quantitative estimate of drug-likeness (QED) is 0.510. The molecular weight excluding hydrogens is 280 g/mol. The molecule has 20 heavy (non-hydrogen) atoms. The zero-order valence-electron chi connectivity index (χ0n) is 11.3. The number of amides is 1. The van der Waals surface area contributed by atoms with Gasteiger partial charge in [-0.15, -0.1) is 0 Å². The first-order chi connectivity index (χ1) is 9.47. The topological polar surface area (TPSA) is 120 Å². The van der Waals surface area contributed by atoms with Crippen molar-refractivity contribution in [3.05, 3.63) is 4.88 Å². The SMILES string of the molecule is CC(CO)(CO)NC(=O)c1sc(NC2CCC2)nc1N. The predicted molar refractivity (Wildman–Crippen MR) is 77.8 cm³/mol. The maximum atomic E-state index is 12.1. The summed E-state index contributed by atoms with van der Waals surface area (Å²) in [4.78, 5) is 16.5. The number of hydrogen-bond acceptors (Lipinski definition) is 7. The van der Waals surface area contributed by atoms with Gasteiger partial charge in [-0.05, 0) is 26.2 Å². The Morgan fingerprint density at radius 2 is 2.15 bits per heavy atom. The van der Waals surface area contributed by atoms with E-state index in [1.807, 2.05) is 0 Å². The third kappa shape index (κ3) is 3.20. The number of nitrogens with one attached hydrogen (secondary N) is 2. The Balaban J connectivity index is 2.05. The molecule has 0 radical (unpaired) electrons. The van der Waals surface area contributed by atoms with E-state index < -0.39 is 11.4 Å². The second-order valence-corrected chi connectivity index (χ2v) is 6.34. The molecule has 8 heteroatoms. The zero-order chi connectivity index (χ0) is 14.8. The van der Waals surface area contributed by atoms with E-state index >= 15 is 0 Å². The van der Waals surface area contributed by atoms with Crippen molar-refractivity contribution in [2.75, 3.05) is 24.3 Å². The van der Waals surface area contributed by atoms with Gasteiger partial charge in [0, 0.05) is 6.04 Å². The van der Waals surface area contributed by atoms with Crippen molar-refractivity contribution >= 4 is 28.2 Å². The van der Waals surface area contributed by atoms with Crippen LogP contribution in [0.3, 0.4) is 0 Å². The van der Waals surface area contributed by atoms with Crippen molar-refractivity contribution in [2.24, 2.45) is 0 Å². The Bertz CT molecular complexity index is 483. The van der Waals surface area contributed by atoms with E-state index in [9.17, 15) is 15.0 Å². The number of anilines is 2. The number of nitrogens with two attached hydrogens (primary N) is 1. The lowest BCUT2D eigenvalue weighted by Gasteiger charge is -2.26. The number of thiazole rings is 1. The van der Waals surface area contributed by atoms with E-state index in [4.69, 9.17) is 5.73 Å². The molecule has 0 aliphatic heterocycles. The van der Waals surface area contributed by atoms with Crippen LogP contribution in [0.15, 0.2) is 0 Å². The number of rotatable bonds is 6. The summed E-state index contributed by atoms with van der Waals surface area (Å²) in [6.45, 7) is 0.831. The fourth-order valence-electron chi connectivity index (χ4n) is 1.74. The lowest BCUT2D eigenvalue weighted by Crippen LogP contribution is -2.51. The van der Waals surface area contributed by atoms with Crippen molar-refractivity contribution < 1.29 is 15.0 Å². The maximum Gasteiger partial charge on any atom is 0.265 e. The summed E-state index contributed by atoms with van der Waals surface area (Å²) in [5, 5.41) is 24.8. The molecule has 1 aliphatic rings. The summed E-state index contributed by atoms with van der Waals surface area (Å²) in [5.74, 6) is -0.278. The summed E-state index contributed by atoms with van der Waals surface area (Å²) in [6, 6.07) is 0.414. The first-order valence-electron chi connectivity index (χ1n) is 6.54. The monoisotopic (exact) mass is 300 g/mol. The van der Waals surface area contributed by atoms with Gasteiger partial charge in [0.05, 0.1) is 18.8 Å². The number of carbonyl (C=O) groups excluding carboxylic acids is 1. The molecule has 0 spiro atoms. The highest BCUT2D eigenvalue weighted by Gasteiger charge is 2.28. The van der Waals surface area contributed by atoms with Crippen LogP contribution in [0.4, 0.5) is 10.9 Å². The van der Waals surface area contributed by atoms with E-state index in [1.54, 1.807) is 6.92 Å². The van der Waals surface area contributed by atoms with Crippen LogP contribution in [0.2, 0.25) is 0 Å². The van der Waals surface area contributed by atoms with Gasteiger partial charge in [-0.3, -0.25) is 4.79 Å². The molecule has 1 saturated carbocycles. The molecular formula is C12H20N4O3S. The van der Waals surface area contributed by atoms with E-state index in [1.165, 1.54) is 17.8 Å². The second kappa shape index (κ2) is 5.94. The van der Waals surface area contributed by atoms with Crippen molar-refractivity contribution in [2.45, 2.75) is 37.8 Å². The van der Waals surface area contributed by atoms with Gasteiger partial charge in [-0.2, -0.15) is 0 Å². The second-order valence-electron chi connectivity index (χ2n) is 5.34. The Kier molecular flexibility index (Phi) is 4.46. The van der Waals surface area contributed by atoms with Crippen LogP contribution in [-0.2, 0) is 0 Å². The molecule has 0 atom stereocenters. The van der Waals surface area contributed by atoms with Crippen LogP contribution in [0.25, 0.3) is 0 Å². The first kappa shape index (κ1) is 15.0.